The molecule has 166 valence electrons. The lowest BCUT2D eigenvalue weighted by atomic mass is 10.1. The van der Waals surface area contributed by atoms with Crippen LogP contribution in [0, 0.1) is 0 Å². The first-order chi connectivity index (χ1) is 15.2. The summed E-state index contributed by atoms with van der Waals surface area (Å²) < 4.78 is 6.70. The minimum Gasteiger partial charge on any atom is -0.492 e. The summed E-state index contributed by atoms with van der Waals surface area (Å²) in [7, 11) is 0. The number of hydrogen-bond acceptors (Lipinski definition) is 3. The standard InChI is InChI=1S/C26H27BrN2O3/c1-26(2,3)29-24(30)19-10-7-11-21(16-19)28-25(31)22-17-20(27)12-13-23(22)32-15-14-18-8-5-4-6-9-18/h4-13,16-17H,14-15H2,1-3H3,(H,28,31)(H,29,30). The average molecular weight is 495 g/mol. The Morgan fingerprint density at radius 2 is 1.66 bits per heavy atom. The van der Waals surface area contributed by atoms with Crippen LogP contribution in [0.4, 0.5) is 5.69 Å². The van der Waals surface area contributed by atoms with Crippen molar-refractivity contribution in [1.82, 2.24) is 5.32 Å². The molecule has 0 radical (unpaired) electrons. The zero-order chi connectivity index (χ0) is 23.1. The van der Waals surface area contributed by atoms with Gasteiger partial charge in [0.05, 0.1) is 12.2 Å². The molecule has 0 aliphatic carbocycles. The Morgan fingerprint density at radius 3 is 2.38 bits per heavy atom. The van der Waals surface area contributed by atoms with Gasteiger partial charge in [-0.1, -0.05) is 52.3 Å². The van der Waals surface area contributed by atoms with Crippen LogP contribution < -0.4 is 15.4 Å². The maximum absolute atomic E-state index is 13.0. The average Bonchev–Trinajstić information content (AvgIpc) is 2.74. The molecule has 0 saturated heterocycles. The van der Waals surface area contributed by atoms with E-state index in [1.165, 1.54) is 5.56 Å². The normalized spacial score (nSPS) is 11.0. The molecule has 0 fully saturated rings. The molecule has 0 unspecified atom stereocenters. The van der Waals surface area contributed by atoms with Crippen LogP contribution in [0.25, 0.3) is 0 Å². The van der Waals surface area contributed by atoms with Crippen LogP contribution >= 0.6 is 15.9 Å². The Hall–Kier alpha value is -3.12. The summed E-state index contributed by atoms with van der Waals surface area (Å²) in [6.45, 7) is 6.21. The van der Waals surface area contributed by atoms with Crippen LogP contribution in [-0.2, 0) is 6.42 Å². The number of rotatable bonds is 7. The summed E-state index contributed by atoms with van der Waals surface area (Å²) in [5.74, 6) is -0.00126. The predicted molar refractivity (Wildman–Crippen MR) is 131 cm³/mol. The lowest BCUT2D eigenvalue weighted by molar-refractivity contribution is 0.0918. The highest BCUT2D eigenvalue weighted by Crippen LogP contribution is 2.25. The van der Waals surface area contributed by atoms with E-state index in [9.17, 15) is 9.59 Å². The highest BCUT2D eigenvalue weighted by atomic mass is 79.9. The summed E-state index contributed by atoms with van der Waals surface area (Å²) in [5.41, 5.74) is 2.24. The SMILES string of the molecule is CC(C)(C)NC(=O)c1cccc(NC(=O)c2cc(Br)ccc2OCCc2ccccc2)c1. The topological polar surface area (TPSA) is 67.4 Å². The molecule has 0 spiro atoms. The molecule has 6 heteroatoms. The van der Waals surface area contributed by atoms with Gasteiger partial charge in [0.2, 0.25) is 0 Å². The van der Waals surface area contributed by atoms with Gasteiger partial charge < -0.3 is 15.4 Å². The molecule has 0 heterocycles. The number of halogens is 1. The molecule has 0 bridgehead atoms. The molecular weight excluding hydrogens is 468 g/mol. The largest absolute Gasteiger partial charge is 0.492 e. The Labute approximate surface area is 197 Å². The molecule has 0 saturated carbocycles. The zero-order valence-electron chi connectivity index (χ0n) is 18.4. The third kappa shape index (κ3) is 6.95. The van der Waals surface area contributed by atoms with E-state index in [2.05, 4.69) is 26.6 Å². The first-order valence-corrected chi connectivity index (χ1v) is 11.2. The molecule has 3 aromatic rings. The van der Waals surface area contributed by atoms with E-state index in [4.69, 9.17) is 4.74 Å². The fourth-order valence-electron chi connectivity index (χ4n) is 3.08. The number of amides is 2. The summed E-state index contributed by atoms with van der Waals surface area (Å²) in [4.78, 5) is 25.5. The number of ether oxygens (including phenoxy) is 1. The van der Waals surface area contributed by atoms with Gasteiger partial charge in [-0.15, -0.1) is 0 Å². The van der Waals surface area contributed by atoms with Crippen LogP contribution in [-0.4, -0.2) is 24.0 Å². The van der Waals surface area contributed by atoms with Crippen molar-refractivity contribution in [2.75, 3.05) is 11.9 Å². The Bertz CT molecular complexity index is 1090. The maximum atomic E-state index is 13.0. The number of hydrogen-bond donors (Lipinski definition) is 2. The van der Waals surface area contributed by atoms with Crippen molar-refractivity contribution in [3.8, 4) is 5.75 Å². The minimum absolute atomic E-state index is 0.194. The molecule has 3 rings (SSSR count). The number of carbonyl (C=O) groups excluding carboxylic acids is 2. The highest BCUT2D eigenvalue weighted by Gasteiger charge is 2.17. The van der Waals surface area contributed by atoms with Gasteiger partial charge >= 0.3 is 0 Å². The molecule has 0 atom stereocenters. The lowest BCUT2D eigenvalue weighted by Crippen LogP contribution is -2.40. The van der Waals surface area contributed by atoms with Gasteiger partial charge in [0.25, 0.3) is 11.8 Å². The first kappa shape index (κ1) is 23.5. The molecular formula is C26H27BrN2O3. The van der Waals surface area contributed by atoms with Crippen molar-refractivity contribution in [2.45, 2.75) is 32.7 Å². The van der Waals surface area contributed by atoms with Gasteiger partial charge in [0.15, 0.2) is 0 Å². The van der Waals surface area contributed by atoms with Crippen molar-refractivity contribution >= 4 is 33.4 Å². The fourth-order valence-corrected chi connectivity index (χ4v) is 3.44. The van der Waals surface area contributed by atoms with Crippen LogP contribution in [0.5, 0.6) is 5.75 Å². The van der Waals surface area contributed by atoms with E-state index in [0.717, 1.165) is 10.9 Å². The molecule has 2 amide bonds. The minimum atomic E-state index is -0.349. The second kappa shape index (κ2) is 10.5. The van der Waals surface area contributed by atoms with Gasteiger partial charge in [0, 0.05) is 27.7 Å². The fraction of sp³-hybridized carbons (Fsp3) is 0.231. The molecule has 0 aliphatic rings. The third-order valence-electron chi connectivity index (χ3n) is 4.55. The van der Waals surface area contributed by atoms with E-state index >= 15 is 0 Å². The van der Waals surface area contributed by atoms with Crippen molar-refractivity contribution in [3.05, 3.63) is 94.0 Å². The van der Waals surface area contributed by atoms with Crippen molar-refractivity contribution in [3.63, 3.8) is 0 Å². The maximum Gasteiger partial charge on any atom is 0.259 e. The Balaban J connectivity index is 1.71. The number of nitrogens with one attached hydrogen (secondary N) is 2. The summed E-state index contributed by atoms with van der Waals surface area (Å²) in [6.07, 6.45) is 0.739. The lowest BCUT2D eigenvalue weighted by Gasteiger charge is -2.20. The monoisotopic (exact) mass is 494 g/mol. The van der Waals surface area contributed by atoms with Gasteiger partial charge in [-0.2, -0.15) is 0 Å². The number of anilines is 1. The van der Waals surface area contributed by atoms with Crippen molar-refractivity contribution in [2.24, 2.45) is 0 Å². The smallest absolute Gasteiger partial charge is 0.259 e. The van der Waals surface area contributed by atoms with Gasteiger partial charge in [-0.25, -0.2) is 0 Å². The number of benzene rings is 3. The summed E-state index contributed by atoms with van der Waals surface area (Å²) >= 11 is 3.43. The molecule has 0 aromatic heterocycles. The van der Waals surface area contributed by atoms with Crippen LogP contribution in [0.2, 0.25) is 0 Å². The van der Waals surface area contributed by atoms with E-state index < -0.39 is 0 Å². The van der Waals surface area contributed by atoms with Gasteiger partial charge in [0.1, 0.15) is 5.75 Å². The van der Waals surface area contributed by atoms with E-state index in [0.29, 0.717) is 29.2 Å². The van der Waals surface area contributed by atoms with Crippen LogP contribution in [0.15, 0.2) is 77.3 Å². The van der Waals surface area contributed by atoms with Crippen molar-refractivity contribution in [1.29, 1.82) is 0 Å². The summed E-state index contributed by atoms with van der Waals surface area (Å²) in [5, 5.41) is 5.80. The second-order valence-electron chi connectivity index (χ2n) is 8.46. The van der Waals surface area contributed by atoms with E-state index in [1.54, 1.807) is 36.4 Å². The third-order valence-corrected chi connectivity index (χ3v) is 5.04. The van der Waals surface area contributed by atoms with E-state index in [1.807, 2.05) is 57.2 Å². The second-order valence-corrected chi connectivity index (χ2v) is 9.38. The van der Waals surface area contributed by atoms with E-state index in [-0.39, 0.29) is 17.4 Å². The molecule has 2 N–H and O–H groups in total. The molecule has 5 nitrogen and oxygen atoms in total. The molecule has 0 aliphatic heterocycles. The molecule has 3 aromatic carbocycles. The Morgan fingerprint density at radius 1 is 0.906 bits per heavy atom. The predicted octanol–water partition coefficient (Wildman–Crippen LogP) is 5.85. The zero-order valence-corrected chi connectivity index (χ0v) is 20.0. The highest BCUT2D eigenvalue weighted by molar-refractivity contribution is 9.10. The van der Waals surface area contributed by atoms with Crippen LogP contribution in [0.1, 0.15) is 47.1 Å². The first-order valence-electron chi connectivity index (χ1n) is 10.4. The number of carbonyl (C=O) groups is 2. The van der Waals surface area contributed by atoms with Gasteiger partial charge in [-0.3, -0.25) is 9.59 Å². The van der Waals surface area contributed by atoms with Crippen molar-refractivity contribution < 1.29 is 14.3 Å². The van der Waals surface area contributed by atoms with Gasteiger partial charge in [-0.05, 0) is 62.7 Å². The Kier molecular flexibility index (Phi) is 7.70. The summed E-state index contributed by atoms with van der Waals surface area (Å²) in [6, 6.07) is 22.2. The van der Waals surface area contributed by atoms with Crippen LogP contribution in [0.3, 0.4) is 0 Å². The molecule has 32 heavy (non-hydrogen) atoms. The quantitative estimate of drug-likeness (QED) is 0.432.